The first-order valence-electron chi connectivity index (χ1n) is 14.4. The summed E-state index contributed by atoms with van der Waals surface area (Å²) in [6.07, 6.45) is 3.76. The summed E-state index contributed by atoms with van der Waals surface area (Å²) in [6.45, 7) is 11.2. The predicted molar refractivity (Wildman–Crippen MR) is 170 cm³/mol. The maximum absolute atomic E-state index is 6.54. The fourth-order valence-electron chi connectivity index (χ4n) is 6.04. The Kier molecular flexibility index (Phi) is 6.01. The van der Waals surface area contributed by atoms with Crippen molar-refractivity contribution in [2.24, 2.45) is 0 Å². The van der Waals surface area contributed by atoms with Gasteiger partial charge in [-0.3, -0.25) is 9.55 Å². The molecule has 3 aromatic heterocycles. The molecule has 0 N–H and O–H groups in total. The number of aryl methyl sites for hydroxylation is 1. The third kappa shape index (κ3) is 4.13. The number of hydrogen-bond acceptors (Lipinski definition) is 3. The number of benzene rings is 4. The number of hydrogen-bond donors (Lipinski definition) is 0. The highest BCUT2D eigenvalue weighted by molar-refractivity contribution is 6.09. The van der Waals surface area contributed by atoms with Crippen molar-refractivity contribution in [2.75, 3.05) is 0 Å². The third-order valence-corrected chi connectivity index (χ3v) is 8.09. The van der Waals surface area contributed by atoms with Crippen molar-refractivity contribution in [2.45, 2.75) is 46.5 Å². The monoisotopic (exact) mass is 535 g/mol. The van der Waals surface area contributed by atoms with Gasteiger partial charge in [-0.1, -0.05) is 81.8 Å². The molecule has 0 fully saturated rings. The molecule has 0 aliphatic carbocycles. The van der Waals surface area contributed by atoms with Gasteiger partial charge in [-0.15, -0.1) is 0 Å². The molecule has 41 heavy (non-hydrogen) atoms. The van der Waals surface area contributed by atoms with Crippen molar-refractivity contribution >= 4 is 33.0 Å². The van der Waals surface area contributed by atoms with Gasteiger partial charge in [-0.05, 0) is 77.4 Å². The van der Waals surface area contributed by atoms with Crippen molar-refractivity contribution in [1.82, 2.24) is 14.5 Å². The van der Waals surface area contributed by atoms with E-state index in [4.69, 9.17) is 9.40 Å². The molecule has 0 bridgehead atoms. The topological polar surface area (TPSA) is 43.9 Å². The standard InChI is InChI=1S/C37H33N3O/c1-22(2)29-19-26(25-10-7-6-8-11-25)20-30(23(3)4)35(29)40-33-21-38-17-16-32(33)39-37(40)28-13-9-12-27-31-18-24(5)14-15-34(31)41-36(27)28/h6-23H,1-5H3. The van der Waals surface area contributed by atoms with Gasteiger partial charge in [-0.2, -0.15) is 0 Å². The second-order valence-electron chi connectivity index (χ2n) is 11.6. The van der Waals surface area contributed by atoms with Crippen molar-refractivity contribution in [3.05, 3.63) is 114 Å². The maximum atomic E-state index is 6.54. The van der Waals surface area contributed by atoms with E-state index in [2.05, 4.69) is 123 Å². The number of nitrogens with zero attached hydrogens (tertiary/aromatic N) is 3. The lowest BCUT2D eigenvalue weighted by Crippen LogP contribution is -2.09. The van der Waals surface area contributed by atoms with E-state index >= 15 is 0 Å². The summed E-state index contributed by atoms with van der Waals surface area (Å²) < 4.78 is 8.87. The van der Waals surface area contributed by atoms with Crippen LogP contribution in [-0.2, 0) is 0 Å². The van der Waals surface area contributed by atoms with Crippen LogP contribution in [0, 0.1) is 6.92 Å². The Hall–Kier alpha value is -4.70. The largest absolute Gasteiger partial charge is 0.455 e. The zero-order chi connectivity index (χ0) is 28.2. The Morgan fingerprint density at radius 3 is 2.22 bits per heavy atom. The van der Waals surface area contributed by atoms with Crippen LogP contribution in [0.5, 0.6) is 0 Å². The van der Waals surface area contributed by atoms with Crippen LogP contribution in [0.15, 0.2) is 102 Å². The highest BCUT2D eigenvalue weighted by Crippen LogP contribution is 2.42. The molecule has 3 heterocycles. The Bertz CT molecular complexity index is 2030. The van der Waals surface area contributed by atoms with E-state index in [1.165, 1.54) is 33.5 Å². The molecule has 0 unspecified atom stereocenters. The maximum Gasteiger partial charge on any atom is 0.149 e. The predicted octanol–water partition coefficient (Wildman–Crippen LogP) is 10.2. The highest BCUT2D eigenvalue weighted by atomic mass is 16.3. The third-order valence-electron chi connectivity index (χ3n) is 8.09. The lowest BCUT2D eigenvalue weighted by atomic mass is 9.88. The minimum Gasteiger partial charge on any atom is -0.455 e. The molecule has 0 aliphatic rings. The van der Waals surface area contributed by atoms with Crippen LogP contribution in [-0.4, -0.2) is 14.5 Å². The Balaban J connectivity index is 1.59. The fourth-order valence-corrected chi connectivity index (χ4v) is 6.04. The molecule has 0 saturated heterocycles. The molecule has 4 aromatic carbocycles. The molecule has 7 aromatic rings. The molecule has 0 aliphatic heterocycles. The van der Waals surface area contributed by atoms with Gasteiger partial charge >= 0.3 is 0 Å². The van der Waals surface area contributed by atoms with Gasteiger partial charge in [0, 0.05) is 17.0 Å². The summed E-state index contributed by atoms with van der Waals surface area (Å²) in [5.41, 5.74) is 12.1. The quantitative estimate of drug-likeness (QED) is 0.220. The number of aromatic nitrogens is 3. The molecule has 0 atom stereocenters. The van der Waals surface area contributed by atoms with Crippen LogP contribution in [0.2, 0.25) is 0 Å². The van der Waals surface area contributed by atoms with Crippen LogP contribution in [0.4, 0.5) is 0 Å². The van der Waals surface area contributed by atoms with E-state index < -0.39 is 0 Å². The Morgan fingerprint density at radius 2 is 1.49 bits per heavy atom. The fraction of sp³-hybridized carbons (Fsp3) is 0.189. The summed E-state index contributed by atoms with van der Waals surface area (Å²) >= 11 is 0. The van der Waals surface area contributed by atoms with Gasteiger partial charge in [0.1, 0.15) is 17.0 Å². The lowest BCUT2D eigenvalue weighted by Gasteiger charge is -2.24. The Morgan fingerprint density at radius 1 is 0.732 bits per heavy atom. The van der Waals surface area contributed by atoms with E-state index in [9.17, 15) is 0 Å². The smallest absolute Gasteiger partial charge is 0.149 e. The van der Waals surface area contributed by atoms with Crippen molar-refractivity contribution in [3.63, 3.8) is 0 Å². The van der Waals surface area contributed by atoms with Gasteiger partial charge in [-0.25, -0.2) is 4.98 Å². The molecular formula is C37H33N3O. The zero-order valence-electron chi connectivity index (χ0n) is 24.1. The molecule has 0 radical (unpaired) electrons. The van der Waals surface area contributed by atoms with Crippen molar-refractivity contribution < 1.29 is 4.42 Å². The van der Waals surface area contributed by atoms with Crippen LogP contribution in [0.25, 0.3) is 61.2 Å². The normalized spacial score (nSPS) is 12.0. The number of para-hydroxylation sites is 1. The summed E-state index contributed by atoms with van der Waals surface area (Å²) in [7, 11) is 0. The second kappa shape index (κ2) is 9.74. The lowest BCUT2D eigenvalue weighted by molar-refractivity contribution is 0.669. The van der Waals surface area contributed by atoms with E-state index in [0.717, 1.165) is 44.4 Å². The number of rotatable bonds is 5. The van der Waals surface area contributed by atoms with Gasteiger partial charge in [0.2, 0.25) is 0 Å². The SMILES string of the molecule is Cc1ccc2oc3c(-c4nc5ccncc5n4-c4c(C(C)C)cc(-c5ccccc5)cc4C(C)C)cccc3c2c1. The molecular weight excluding hydrogens is 502 g/mol. The number of pyridine rings is 1. The van der Waals surface area contributed by atoms with Crippen LogP contribution < -0.4 is 0 Å². The minimum atomic E-state index is 0.290. The van der Waals surface area contributed by atoms with Crippen LogP contribution >= 0.6 is 0 Å². The Labute approximate surface area is 240 Å². The van der Waals surface area contributed by atoms with E-state index in [1.54, 1.807) is 0 Å². The molecule has 0 amide bonds. The van der Waals surface area contributed by atoms with Gasteiger partial charge in [0.05, 0.1) is 28.5 Å². The number of fused-ring (bicyclic) bond motifs is 4. The molecule has 0 saturated carbocycles. The van der Waals surface area contributed by atoms with Gasteiger partial charge in [0.15, 0.2) is 0 Å². The molecule has 0 spiro atoms. The first-order valence-corrected chi connectivity index (χ1v) is 14.4. The highest BCUT2D eigenvalue weighted by Gasteiger charge is 2.25. The molecule has 4 heteroatoms. The number of furan rings is 1. The van der Waals surface area contributed by atoms with Gasteiger partial charge in [0.25, 0.3) is 0 Å². The van der Waals surface area contributed by atoms with E-state index in [1.807, 2.05) is 18.5 Å². The van der Waals surface area contributed by atoms with Crippen LogP contribution in [0.1, 0.15) is 56.2 Å². The average molecular weight is 536 g/mol. The molecule has 202 valence electrons. The van der Waals surface area contributed by atoms with Crippen LogP contribution in [0.3, 0.4) is 0 Å². The second-order valence-corrected chi connectivity index (χ2v) is 11.6. The molecule has 4 nitrogen and oxygen atoms in total. The summed E-state index contributed by atoms with van der Waals surface area (Å²) in [5.74, 6) is 1.45. The van der Waals surface area contributed by atoms with Crippen molar-refractivity contribution in [1.29, 1.82) is 0 Å². The minimum absolute atomic E-state index is 0.290. The molecule has 7 rings (SSSR count). The average Bonchev–Trinajstić information content (AvgIpc) is 3.55. The zero-order valence-corrected chi connectivity index (χ0v) is 24.1. The van der Waals surface area contributed by atoms with Crippen molar-refractivity contribution in [3.8, 4) is 28.2 Å². The summed E-state index contributed by atoms with van der Waals surface area (Å²) in [4.78, 5) is 9.78. The summed E-state index contributed by atoms with van der Waals surface area (Å²) in [6, 6.07) is 30.1. The van der Waals surface area contributed by atoms with Gasteiger partial charge < -0.3 is 4.42 Å². The number of imidazole rings is 1. The first kappa shape index (κ1) is 25.3. The summed E-state index contributed by atoms with van der Waals surface area (Å²) in [5, 5.41) is 2.23. The van der Waals surface area contributed by atoms with E-state index in [-0.39, 0.29) is 11.8 Å². The van der Waals surface area contributed by atoms with E-state index in [0.29, 0.717) is 0 Å². The first-order chi connectivity index (χ1) is 19.9.